The van der Waals surface area contributed by atoms with Gasteiger partial charge < -0.3 is 14.6 Å². The SMILES string of the molecule is CCC1(C)C2=C(c3cccc(O)c3N1C(=O)C(C)N1C(=O)CCC1=O)C1(SC(OC)=C(OC)S1)C(C)=C(C)S2. The van der Waals surface area contributed by atoms with Crippen molar-refractivity contribution in [3.8, 4) is 5.75 Å². The van der Waals surface area contributed by atoms with Crippen molar-refractivity contribution in [3.63, 3.8) is 0 Å². The first-order chi connectivity index (χ1) is 18.5. The van der Waals surface area contributed by atoms with Gasteiger partial charge in [-0.3, -0.25) is 24.2 Å². The molecule has 1 saturated heterocycles. The van der Waals surface area contributed by atoms with E-state index in [1.165, 1.54) is 0 Å². The Labute approximate surface area is 241 Å². The van der Waals surface area contributed by atoms with Crippen LogP contribution in [0.15, 0.2) is 43.8 Å². The van der Waals surface area contributed by atoms with Gasteiger partial charge in [0.15, 0.2) is 0 Å². The Bertz CT molecular complexity index is 1370. The van der Waals surface area contributed by atoms with E-state index in [9.17, 15) is 19.5 Å². The molecule has 4 heterocycles. The van der Waals surface area contributed by atoms with Gasteiger partial charge in [0.1, 0.15) is 15.9 Å². The van der Waals surface area contributed by atoms with Crippen molar-refractivity contribution in [1.29, 1.82) is 0 Å². The minimum atomic E-state index is -1.01. The number of benzene rings is 1. The molecule has 4 aliphatic heterocycles. The van der Waals surface area contributed by atoms with Crippen molar-refractivity contribution in [1.82, 2.24) is 4.90 Å². The van der Waals surface area contributed by atoms with Crippen LogP contribution in [0.1, 0.15) is 59.4 Å². The summed E-state index contributed by atoms with van der Waals surface area (Å²) >= 11 is 4.76. The lowest BCUT2D eigenvalue weighted by atomic mass is 9.81. The number of anilines is 1. The highest BCUT2D eigenvalue weighted by atomic mass is 32.2. The van der Waals surface area contributed by atoms with E-state index >= 15 is 0 Å². The van der Waals surface area contributed by atoms with Gasteiger partial charge >= 0.3 is 0 Å². The number of para-hydroxylation sites is 1. The molecule has 0 bridgehead atoms. The fourth-order valence-electron chi connectivity index (χ4n) is 5.71. The number of rotatable bonds is 5. The van der Waals surface area contributed by atoms with Gasteiger partial charge in [-0.15, -0.1) is 0 Å². The number of fused-ring (bicyclic) bond motifs is 3. The molecule has 1 fully saturated rings. The van der Waals surface area contributed by atoms with Gasteiger partial charge in [-0.25, -0.2) is 0 Å². The van der Waals surface area contributed by atoms with Gasteiger partial charge in [-0.05, 0) is 50.7 Å². The summed E-state index contributed by atoms with van der Waals surface area (Å²) in [6.45, 7) is 9.78. The first kappa shape index (κ1) is 28.0. The third-order valence-corrected chi connectivity index (χ3v) is 12.8. The highest BCUT2D eigenvalue weighted by molar-refractivity contribution is 8.25. The second kappa shape index (κ2) is 9.85. The van der Waals surface area contributed by atoms with Crippen LogP contribution in [0.2, 0.25) is 0 Å². The normalized spacial score (nSPS) is 25.0. The molecule has 5 rings (SSSR count). The van der Waals surface area contributed by atoms with Crippen LogP contribution in [-0.4, -0.2) is 57.6 Å². The number of carbonyl (C=O) groups excluding carboxylic acids is 3. The van der Waals surface area contributed by atoms with E-state index in [1.54, 1.807) is 73.5 Å². The Morgan fingerprint density at radius 3 is 2.23 bits per heavy atom. The first-order valence-corrected chi connectivity index (χ1v) is 15.2. The maximum absolute atomic E-state index is 14.4. The number of carbonyl (C=O) groups is 3. The van der Waals surface area contributed by atoms with Gasteiger partial charge in [0.25, 0.3) is 5.91 Å². The summed E-state index contributed by atoms with van der Waals surface area (Å²) in [6, 6.07) is 4.26. The van der Waals surface area contributed by atoms with Gasteiger partial charge in [0.2, 0.25) is 22.0 Å². The topological polar surface area (TPSA) is 96.4 Å². The Morgan fingerprint density at radius 1 is 1.10 bits per heavy atom. The van der Waals surface area contributed by atoms with Crippen molar-refractivity contribution >= 4 is 64.3 Å². The van der Waals surface area contributed by atoms with Gasteiger partial charge in [0, 0.05) is 28.9 Å². The summed E-state index contributed by atoms with van der Waals surface area (Å²) in [5.74, 6) is -1.14. The predicted octanol–water partition coefficient (Wildman–Crippen LogP) is 5.79. The van der Waals surface area contributed by atoms with E-state index in [4.69, 9.17) is 9.47 Å². The second-order valence-electron chi connectivity index (χ2n) is 10.1. The number of phenols is 1. The highest BCUT2D eigenvalue weighted by Crippen LogP contribution is 2.71. The molecule has 0 radical (unpaired) electrons. The maximum Gasteiger partial charge on any atom is 0.250 e. The van der Waals surface area contributed by atoms with Crippen LogP contribution >= 0.6 is 35.3 Å². The average molecular weight is 589 g/mol. The van der Waals surface area contributed by atoms with Crippen molar-refractivity contribution in [2.45, 2.75) is 69.5 Å². The van der Waals surface area contributed by atoms with E-state index in [2.05, 4.69) is 13.8 Å². The number of allylic oxidation sites excluding steroid dienone is 1. The quantitative estimate of drug-likeness (QED) is 0.429. The lowest BCUT2D eigenvalue weighted by molar-refractivity contribution is -0.145. The molecule has 208 valence electrons. The summed E-state index contributed by atoms with van der Waals surface area (Å²) in [5, 5.41) is 12.7. The molecule has 8 nitrogen and oxygen atoms in total. The van der Waals surface area contributed by atoms with E-state index in [0.717, 1.165) is 31.4 Å². The smallest absolute Gasteiger partial charge is 0.250 e. The van der Waals surface area contributed by atoms with Crippen molar-refractivity contribution in [2.24, 2.45) is 0 Å². The molecular formula is C28H32N2O6S3. The van der Waals surface area contributed by atoms with Crippen LogP contribution in [0, 0.1) is 0 Å². The lowest BCUT2D eigenvalue weighted by Crippen LogP contribution is -2.59. The molecule has 1 spiro atoms. The zero-order chi connectivity index (χ0) is 28.4. The minimum absolute atomic E-state index is 0.0395. The van der Waals surface area contributed by atoms with Gasteiger partial charge in [-0.2, -0.15) is 0 Å². The number of likely N-dealkylation sites (tertiary alicyclic amines) is 1. The zero-order valence-electron chi connectivity index (χ0n) is 23.0. The zero-order valence-corrected chi connectivity index (χ0v) is 25.5. The molecule has 1 N–H and O–H groups in total. The molecule has 3 amide bonds. The standard InChI is InChI=1S/C28H32N2O6S3/c1-8-27(5)23-21(28(14(2)16(4)37-23)38-25(35-6)26(36-7)39-28)17-10-9-11-18(31)22(17)30(27)24(34)15(3)29-19(32)12-13-20(29)33/h9-11,15,31H,8,12-13H2,1-7H3. The van der Waals surface area contributed by atoms with Crippen LogP contribution < -0.4 is 4.90 Å². The number of imide groups is 1. The molecule has 2 unspecified atom stereocenters. The Morgan fingerprint density at radius 2 is 1.69 bits per heavy atom. The van der Waals surface area contributed by atoms with Crippen molar-refractivity contribution < 1.29 is 29.0 Å². The molecule has 0 saturated carbocycles. The van der Waals surface area contributed by atoms with E-state index in [-0.39, 0.29) is 30.4 Å². The summed E-state index contributed by atoms with van der Waals surface area (Å²) in [5.41, 5.74) is 2.37. The summed E-state index contributed by atoms with van der Waals surface area (Å²) in [4.78, 5) is 44.3. The largest absolute Gasteiger partial charge is 0.506 e. The number of ether oxygens (including phenoxy) is 2. The van der Waals surface area contributed by atoms with E-state index in [0.29, 0.717) is 22.3 Å². The Hall–Kier alpha value is -2.50. The number of phenolic OH excluding ortho intramolecular Hbond substituents is 1. The summed E-state index contributed by atoms with van der Waals surface area (Å²) in [6.07, 6.45) is 0.739. The Kier molecular flexibility index (Phi) is 7.08. The van der Waals surface area contributed by atoms with Crippen LogP contribution in [-0.2, 0) is 23.9 Å². The van der Waals surface area contributed by atoms with Crippen LogP contribution in [0.4, 0.5) is 5.69 Å². The van der Waals surface area contributed by atoms with Crippen molar-refractivity contribution in [3.05, 3.63) is 49.3 Å². The number of amides is 3. The number of methoxy groups -OCH3 is 2. The molecule has 1 aromatic carbocycles. The highest BCUT2D eigenvalue weighted by Gasteiger charge is 2.58. The molecule has 11 heteroatoms. The molecule has 1 aromatic rings. The Balaban J connectivity index is 1.75. The van der Waals surface area contributed by atoms with Crippen LogP contribution in [0.3, 0.4) is 0 Å². The fraction of sp³-hybridized carbons (Fsp3) is 0.464. The summed E-state index contributed by atoms with van der Waals surface area (Å²) in [7, 11) is 3.25. The summed E-state index contributed by atoms with van der Waals surface area (Å²) < 4.78 is 10.8. The molecule has 0 aromatic heterocycles. The number of thioether (sulfide) groups is 3. The number of aromatic hydroxyl groups is 1. The molecule has 4 aliphatic rings. The van der Waals surface area contributed by atoms with Crippen LogP contribution in [0.25, 0.3) is 5.57 Å². The molecular weight excluding hydrogens is 557 g/mol. The minimum Gasteiger partial charge on any atom is -0.506 e. The molecule has 0 aliphatic carbocycles. The first-order valence-electron chi connectivity index (χ1n) is 12.8. The number of nitrogens with zero attached hydrogens (tertiary/aromatic N) is 2. The number of hydrogen-bond acceptors (Lipinski definition) is 9. The maximum atomic E-state index is 14.4. The molecule has 2 atom stereocenters. The fourth-order valence-corrected chi connectivity index (χ4v) is 10.5. The second-order valence-corrected chi connectivity index (χ2v) is 14.0. The monoisotopic (exact) mass is 588 g/mol. The van der Waals surface area contributed by atoms with E-state index in [1.807, 2.05) is 19.9 Å². The van der Waals surface area contributed by atoms with Gasteiger partial charge in [0.05, 0.1) is 25.4 Å². The van der Waals surface area contributed by atoms with Crippen LogP contribution in [0.5, 0.6) is 5.75 Å². The molecule has 39 heavy (non-hydrogen) atoms. The van der Waals surface area contributed by atoms with Gasteiger partial charge in [-0.1, -0.05) is 54.3 Å². The lowest BCUT2D eigenvalue weighted by Gasteiger charge is -2.52. The predicted molar refractivity (Wildman–Crippen MR) is 157 cm³/mol. The third kappa shape index (κ3) is 3.87. The number of hydrogen-bond donors (Lipinski definition) is 1. The van der Waals surface area contributed by atoms with E-state index < -0.39 is 21.6 Å². The average Bonchev–Trinajstić information content (AvgIpc) is 3.46. The van der Waals surface area contributed by atoms with Crippen molar-refractivity contribution in [2.75, 3.05) is 19.1 Å². The third-order valence-electron chi connectivity index (χ3n) is 8.08.